The molecule has 1 aliphatic heterocycles. The number of nitrogens with zero attached hydrogens (tertiary/aromatic N) is 1. The van der Waals surface area contributed by atoms with Crippen LogP contribution in [0, 0.1) is 0 Å². The van der Waals surface area contributed by atoms with E-state index in [0.717, 1.165) is 6.04 Å². The van der Waals surface area contributed by atoms with E-state index in [1.54, 1.807) is 0 Å². The molecule has 0 aromatic rings. The number of ether oxygens (including phenoxy) is 1. The van der Waals surface area contributed by atoms with Gasteiger partial charge in [-0.2, -0.15) is 0 Å². The molecule has 3 nitrogen and oxygen atoms in total. The number of hydrogen-bond donors (Lipinski definition) is 1. The molecule has 3 heteroatoms. The van der Waals surface area contributed by atoms with Crippen molar-refractivity contribution in [3.8, 4) is 0 Å². The van der Waals surface area contributed by atoms with Gasteiger partial charge in [0.05, 0.1) is 6.10 Å². The molecule has 2 fully saturated rings. The Morgan fingerprint density at radius 3 is 2.47 bits per heavy atom. The minimum Gasteiger partial charge on any atom is -0.381 e. The monoisotopic (exact) mass is 240 g/mol. The first kappa shape index (κ1) is 13.3. The van der Waals surface area contributed by atoms with E-state index in [4.69, 9.17) is 4.74 Å². The second kappa shape index (κ2) is 7.34. The van der Waals surface area contributed by atoms with E-state index in [-0.39, 0.29) is 0 Å². The molecule has 0 aromatic carbocycles. The third-order valence-electron chi connectivity index (χ3n) is 4.03. The fraction of sp³-hybridized carbons (Fsp3) is 1.00. The molecule has 0 aromatic heterocycles. The average Bonchev–Trinajstić information content (AvgIpc) is 3.18. The molecule has 0 spiro atoms. The van der Waals surface area contributed by atoms with Gasteiger partial charge in [-0.15, -0.1) is 0 Å². The molecule has 1 saturated carbocycles. The van der Waals surface area contributed by atoms with Crippen molar-refractivity contribution >= 4 is 0 Å². The highest BCUT2D eigenvalue weighted by atomic mass is 16.5. The summed E-state index contributed by atoms with van der Waals surface area (Å²) < 4.78 is 5.39. The van der Waals surface area contributed by atoms with Crippen LogP contribution in [0.1, 0.15) is 44.9 Å². The Bertz CT molecular complexity index is 198. The normalized spacial score (nSPS) is 23.1. The van der Waals surface area contributed by atoms with Crippen LogP contribution in [0.3, 0.4) is 0 Å². The third-order valence-corrected chi connectivity index (χ3v) is 4.03. The van der Waals surface area contributed by atoms with Crippen LogP contribution >= 0.6 is 0 Å². The number of nitrogens with one attached hydrogen (secondary N) is 1. The Morgan fingerprint density at radius 2 is 1.82 bits per heavy atom. The molecule has 2 rings (SSSR count). The molecule has 0 amide bonds. The van der Waals surface area contributed by atoms with Crippen molar-refractivity contribution < 1.29 is 4.74 Å². The predicted molar refractivity (Wildman–Crippen MR) is 71.3 cm³/mol. The van der Waals surface area contributed by atoms with Crippen molar-refractivity contribution in [1.29, 1.82) is 0 Å². The minimum atomic E-state index is 0.522. The van der Waals surface area contributed by atoms with Crippen LogP contribution in [-0.2, 0) is 4.74 Å². The summed E-state index contributed by atoms with van der Waals surface area (Å²) in [6.07, 6.45) is 9.88. The number of likely N-dealkylation sites (tertiary alicyclic amines) is 1. The summed E-state index contributed by atoms with van der Waals surface area (Å²) in [4.78, 5) is 2.60. The maximum atomic E-state index is 5.39. The summed E-state index contributed by atoms with van der Waals surface area (Å²) in [5.74, 6) is 0. The molecule has 1 N–H and O–H groups in total. The van der Waals surface area contributed by atoms with Crippen molar-refractivity contribution in [2.24, 2.45) is 0 Å². The van der Waals surface area contributed by atoms with E-state index in [1.165, 1.54) is 71.1 Å². The van der Waals surface area contributed by atoms with Gasteiger partial charge in [-0.1, -0.05) is 6.42 Å². The van der Waals surface area contributed by atoms with Gasteiger partial charge in [0, 0.05) is 26.2 Å². The summed E-state index contributed by atoms with van der Waals surface area (Å²) >= 11 is 0. The van der Waals surface area contributed by atoms with Gasteiger partial charge < -0.3 is 15.0 Å². The summed E-state index contributed by atoms with van der Waals surface area (Å²) in [6.45, 7) is 4.99. The highest BCUT2D eigenvalue weighted by molar-refractivity contribution is 4.80. The third kappa shape index (κ3) is 5.36. The van der Waals surface area contributed by atoms with Crippen LogP contribution in [-0.4, -0.2) is 50.3 Å². The lowest BCUT2D eigenvalue weighted by molar-refractivity contribution is 0.0407. The van der Waals surface area contributed by atoms with Crippen LogP contribution in [0.4, 0.5) is 0 Å². The number of methoxy groups -OCH3 is 1. The standard InChI is InChI=1S/C14H28N2O/c1-17-14-7-11-16(12-8-14)10-4-2-3-9-15-13-5-6-13/h13-15H,2-12H2,1H3. The van der Waals surface area contributed by atoms with Gasteiger partial charge >= 0.3 is 0 Å². The predicted octanol–water partition coefficient (Wildman–Crippen LogP) is 2.02. The van der Waals surface area contributed by atoms with Gasteiger partial charge in [-0.05, 0) is 51.6 Å². The van der Waals surface area contributed by atoms with E-state index in [9.17, 15) is 0 Å². The summed E-state index contributed by atoms with van der Waals surface area (Å²) in [6, 6.07) is 0.878. The zero-order chi connectivity index (χ0) is 11.9. The number of rotatable bonds is 8. The summed E-state index contributed by atoms with van der Waals surface area (Å²) in [5, 5.41) is 3.58. The zero-order valence-electron chi connectivity index (χ0n) is 11.3. The smallest absolute Gasteiger partial charge is 0.0595 e. The summed E-state index contributed by atoms with van der Waals surface area (Å²) in [5.41, 5.74) is 0. The van der Waals surface area contributed by atoms with Crippen LogP contribution in [0.25, 0.3) is 0 Å². The van der Waals surface area contributed by atoms with Crippen LogP contribution in [0.15, 0.2) is 0 Å². The maximum absolute atomic E-state index is 5.39. The minimum absolute atomic E-state index is 0.522. The number of hydrogen-bond acceptors (Lipinski definition) is 3. The first-order valence-electron chi connectivity index (χ1n) is 7.37. The first-order valence-corrected chi connectivity index (χ1v) is 7.37. The van der Waals surface area contributed by atoms with E-state index < -0.39 is 0 Å². The quantitative estimate of drug-likeness (QED) is 0.657. The van der Waals surface area contributed by atoms with E-state index in [0.29, 0.717) is 6.10 Å². The lowest BCUT2D eigenvalue weighted by Crippen LogP contribution is -2.37. The van der Waals surface area contributed by atoms with Gasteiger partial charge in [0.25, 0.3) is 0 Å². The molecule has 0 atom stereocenters. The summed E-state index contributed by atoms with van der Waals surface area (Å²) in [7, 11) is 1.84. The average molecular weight is 240 g/mol. The van der Waals surface area contributed by atoms with Crippen molar-refractivity contribution in [3.63, 3.8) is 0 Å². The molecule has 2 aliphatic rings. The molecule has 100 valence electrons. The van der Waals surface area contributed by atoms with E-state index in [2.05, 4.69) is 10.2 Å². The maximum Gasteiger partial charge on any atom is 0.0595 e. The Balaban J connectivity index is 1.40. The van der Waals surface area contributed by atoms with Crippen molar-refractivity contribution in [3.05, 3.63) is 0 Å². The largest absolute Gasteiger partial charge is 0.381 e. The van der Waals surface area contributed by atoms with Crippen LogP contribution in [0.2, 0.25) is 0 Å². The van der Waals surface area contributed by atoms with Gasteiger partial charge in [0.2, 0.25) is 0 Å². The second-order valence-electron chi connectivity index (χ2n) is 5.57. The Labute approximate surface area is 106 Å². The van der Waals surface area contributed by atoms with Crippen molar-refractivity contribution in [2.75, 3.05) is 33.3 Å². The fourth-order valence-corrected chi connectivity index (χ4v) is 2.60. The second-order valence-corrected chi connectivity index (χ2v) is 5.57. The molecule has 1 aliphatic carbocycles. The molecular formula is C14H28N2O. The number of unbranched alkanes of at least 4 members (excludes halogenated alkanes) is 2. The van der Waals surface area contributed by atoms with E-state index >= 15 is 0 Å². The van der Waals surface area contributed by atoms with Crippen molar-refractivity contribution in [1.82, 2.24) is 10.2 Å². The van der Waals surface area contributed by atoms with Crippen molar-refractivity contribution in [2.45, 2.75) is 57.1 Å². The first-order chi connectivity index (χ1) is 8.38. The number of piperidine rings is 1. The SMILES string of the molecule is COC1CCN(CCCCCNC2CC2)CC1. The van der Waals surface area contributed by atoms with Gasteiger partial charge in [0.1, 0.15) is 0 Å². The van der Waals surface area contributed by atoms with Gasteiger partial charge in [-0.25, -0.2) is 0 Å². The van der Waals surface area contributed by atoms with E-state index in [1.807, 2.05) is 7.11 Å². The molecule has 1 heterocycles. The molecule has 0 radical (unpaired) electrons. The fourth-order valence-electron chi connectivity index (χ4n) is 2.60. The molecule has 0 unspecified atom stereocenters. The lowest BCUT2D eigenvalue weighted by atomic mass is 10.1. The lowest BCUT2D eigenvalue weighted by Gasteiger charge is -2.31. The Kier molecular flexibility index (Phi) is 5.75. The van der Waals surface area contributed by atoms with Crippen LogP contribution < -0.4 is 5.32 Å². The van der Waals surface area contributed by atoms with Gasteiger partial charge in [-0.3, -0.25) is 0 Å². The highest BCUT2D eigenvalue weighted by Gasteiger charge is 2.19. The molecule has 0 bridgehead atoms. The molecular weight excluding hydrogens is 212 g/mol. The van der Waals surface area contributed by atoms with Crippen LogP contribution in [0.5, 0.6) is 0 Å². The Hall–Kier alpha value is -0.120. The molecule has 1 saturated heterocycles. The Morgan fingerprint density at radius 1 is 1.06 bits per heavy atom. The van der Waals surface area contributed by atoms with Gasteiger partial charge in [0.15, 0.2) is 0 Å². The molecule has 17 heavy (non-hydrogen) atoms. The zero-order valence-corrected chi connectivity index (χ0v) is 11.3. The highest BCUT2D eigenvalue weighted by Crippen LogP contribution is 2.18. The topological polar surface area (TPSA) is 24.5 Å².